The van der Waals surface area contributed by atoms with E-state index in [4.69, 9.17) is 4.74 Å². The van der Waals surface area contributed by atoms with Gasteiger partial charge in [-0.3, -0.25) is 10.1 Å². The Morgan fingerprint density at radius 3 is 2.50 bits per heavy atom. The molecular weight excluding hydrogens is 443 g/mol. The van der Waals surface area contributed by atoms with Crippen molar-refractivity contribution in [3.8, 4) is 5.88 Å². The number of aromatic nitrogens is 1. The van der Waals surface area contributed by atoms with Crippen molar-refractivity contribution >= 4 is 27.3 Å². The van der Waals surface area contributed by atoms with Gasteiger partial charge in [-0.1, -0.05) is 15.9 Å². The lowest BCUT2D eigenvalue weighted by molar-refractivity contribution is -0.388. The van der Waals surface area contributed by atoms with Crippen molar-refractivity contribution in [3.63, 3.8) is 0 Å². The van der Waals surface area contributed by atoms with Crippen LogP contribution in [-0.4, -0.2) is 22.1 Å². The number of nitro groups is 1. The van der Waals surface area contributed by atoms with E-state index in [9.17, 15) is 23.3 Å². The topological polar surface area (TPSA) is 77.3 Å². The number of hydrogen-bond donors (Lipinski definition) is 1. The molecule has 0 amide bonds. The van der Waals surface area contributed by atoms with Gasteiger partial charge in [0, 0.05) is 34.5 Å². The molecule has 0 spiro atoms. The van der Waals surface area contributed by atoms with E-state index >= 15 is 0 Å². The molecule has 0 saturated heterocycles. The number of hydrogen-bond acceptors (Lipinski definition) is 5. The first kappa shape index (κ1) is 20.4. The zero-order valence-corrected chi connectivity index (χ0v) is 16.2. The molecule has 1 aromatic heterocycles. The van der Waals surface area contributed by atoms with Gasteiger partial charge in [0.25, 0.3) is 5.69 Å². The highest BCUT2D eigenvalue weighted by molar-refractivity contribution is 9.10. The summed E-state index contributed by atoms with van der Waals surface area (Å²) in [4.78, 5) is 14.0. The van der Waals surface area contributed by atoms with Crippen LogP contribution < -0.4 is 10.1 Å². The lowest BCUT2D eigenvalue weighted by Crippen LogP contribution is -2.31. The number of benzene rings is 1. The summed E-state index contributed by atoms with van der Waals surface area (Å²) in [6.07, 6.45) is -0.297. The average Bonchev–Trinajstić information content (AvgIpc) is 2.62. The van der Waals surface area contributed by atoms with Crippen molar-refractivity contribution in [2.75, 3.05) is 5.32 Å². The third-order valence-corrected chi connectivity index (χ3v) is 5.02. The van der Waals surface area contributed by atoms with Gasteiger partial charge in [0.1, 0.15) is 11.7 Å². The molecule has 1 fully saturated rings. The normalized spacial score (nSPS) is 19.9. The molecule has 1 heterocycles. The zero-order valence-electron chi connectivity index (χ0n) is 14.6. The van der Waals surface area contributed by atoms with Crippen molar-refractivity contribution in [3.05, 3.63) is 56.7 Å². The van der Waals surface area contributed by atoms with Gasteiger partial charge in [-0.2, -0.15) is 13.2 Å². The standard InChI is InChI=1S/C18H17BrF3N3O3/c19-11-7-8-23-17(9-11)28-14-4-1-12(2-5-14)24-13-3-6-16(25(26)27)15(10-13)18(20,21)22/h3,6-10,12,14,24H,1-2,4-5H2. The molecule has 1 saturated carbocycles. The maximum atomic E-state index is 13.1. The maximum absolute atomic E-state index is 13.1. The fourth-order valence-corrected chi connectivity index (χ4v) is 3.51. The molecule has 1 N–H and O–H groups in total. The SMILES string of the molecule is O=[N+]([O-])c1ccc(NC2CCC(Oc3cc(Br)ccn3)CC2)cc1C(F)(F)F. The second kappa shape index (κ2) is 8.34. The van der Waals surface area contributed by atoms with Crippen LogP contribution in [0.3, 0.4) is 0 Å². The van der Waals surface area contributed by atoms with Crippen LogP contribution in [0.5, 0.6) is 5.88 Å². The molecule has 0 bridgehead atoms. The first-order chi connectivity index (χ1) is 13.2. The second-order valence-corrected chi connectivity index (χ2v) is 7.45. The lowest BCUT2D eigenvalue weighted by atomic mass is 9.92. The summed E-state index contributed by atoms with van der Waals surface area (Å²) in [6.45, 7) is 0. The third-order valence-electron chi connectivity index (χ3n) is 4.53. The quantitative estimate of drug-likeness (QED) is 0.466. The number of nitrogens with one attached hydrogen (secondary N) is 1. The van der Waals surface area contributed by atoms with E-state index in [2.05, 4.69) is 26.2 Å². The predicted molar refractivity (Wildman–Crippen MR) is 100 cm³/mol. The van der Waals surface area contributed by atoms with Gasteiger partial charge >= 0.3 is 6.18 Å². The molecule has 0 unspecified atom stereocenters. The Kier molecular flexibility index (Phi) is 6.07. The van der Waals surface area contributed by atoms with Crippen LogP contribution in [0.1, 0.15) is 31.2 Å². The fourth-order valence-electron chi connectivity index (χ4n) is 3.19. The van der Waals surface area contributed by atoms with E-state index in [1.165, 1.54) is 6.07 Å². The number of halogens is 4. The molecule has 10 heteroatoms. The van der Waals surface area contributed by atoms with Crippen molar-refractivity contribution in [1.29, 1.82) is 0 Å². The fraction of sp³-hybridized carbons (Fsp3) is 0.389. The summed E-state index contributed by atoms with van der Waals surface area (Å²) in [5.41, 5.74) is -1.98. The van der Waals surface area contributed by atoms with Crippen LogP contribution in [0, 0.1) is 10.1 Å². The predicted octanol–water partition coefficient (Wildman–Crippen LogP) is 5.57. The number of ether oxygens (including phenoxy) is 1. The minimum Gasteiger partial charge on any atom is -0.474 e. The Morgan fingerprint density at radius 1 is 1.18 bits per heavy atom. The van der Waals surface area contributed by atoms with E-state index < -0.39 is 22.4 Å². The Labute approximate surface area is 167 Å². The maximum Gasteiger partial charge on any atom is 0.423 e. The summed E-state index contributed by atoms with van der Waals surface area (Å²) in [5, 5.41) is 13.9. The minimum atomic E-state index is -4.79. The van der Waals surface area contributed by atoms with Crippen molar-refractivity contribution in [2.45, 2.75) is 44.0 Å². The van der Waals surface area contributed by atoms with Gasteiger partial charge in [-0.25, -0.2) is 4.98 Å². The first-order valence-corrected chi connectivity index (χ1v) is 9.42. The van der Waals surface area contributed by atoms with Gasteiger partial charge in [-0.15, -0.1) is 0 Å². The second-order valence-electron chi connectivity index (χ2n) is 6.53. The van der Waals surface area contributed by atoms with Crippen LogP contribution in [0.4, 0.5) is 24.5 Å². The molecular formula is C18H17BrF3N3O3. The van der Waals surface area contributed by atoms with Crippen LogP contribution in [0.2, 0.25) is 0 Å². The highest BCUT2D eigenvalue weighted by atomic mass is 79.9. The zero-order chi connectivity index (χ0) is 20.3. The Bertz CT molecular complexity index is 855. The Hall–Kier alpha value is -2.36. The van der Waals surface area contributed by atoms with Crippen LogP contribution in [0.15, 0.2) is 41.0 Å². The van der Waals surface area contributed by atoms with E-state index in [-0.39, 0.29) is 17.8 Å². The summed E-state index contributed by atoms with van der Waals surface area (Å²) in [6, 6.07) is 6.54. The molecule has 1 aliphatic carbocycles. The molecule has 0 atom stereocenters. The van der Waals surface area contributed by atoms with Crippen molar-refractivity contribution in [2.24, 2.45) is 0 Å². The molecule has 3 rings (SSSR count). The van der Waals surface area contributed by atoms with Crippen LogP contribution >= 0.6 is 15.9 Å². The van der Waals surface area contributed by atoms with E-state index in [0.29, 0.717) is 18.7 Å². The largest absolute Gasteiger partial charge is 0.474 e. The monoisotopic (exact) mass is 459 g/mol. The third kappa shape index (κ3) is 5.12. The molecule has 6 nitrogen and oxygen atoms in total. The van der Waals surface area contributed by atoms with Crippen molar-refractivity contribution < 1.29 is 22.8 Å². The number of pyridine rings is 1. The summed E-state index contributed by atoms with van der Waals surface area (Å²) >= 11 is 3.36. The molecule has 0 radical (unpaired) electrons. The number of anilines is 1. The Balaban J connectivity index is 1.61. The summed E-state index contributed by atoms with van der Waals surface area (Å²) in [5.74, 6) is 0.524. The lowest BCUT2D eigenvalue weighted by Gasteiger charge is -2.30. The molecule has 1 aromatic carbocycles. The molecule has 28 heavy (non-hydrogen) atoms. The van der Waals surface area contributed by atoms with Gasteiger partial charge in [0.2, 0.25) is 5.88 Å². The number of nitro benzene ring substituents is 1. The molecule has 150 valence electrons. The minimum absolute atomic E-state index is 0.0116. The molecule has 1 aliphatic rings. The number of alkyl halides is 3. The average molecular weight is 460 g/mol. The smallest absolute Gasteiger partial charge is 0.423 e. The number of rotatable bonds is 5. The summed E-state index contributed by atoms with van der Waals surface area (Å²) in [7, 11) is 0. The van der Waals surface area contributed by atoms with E-state index in [1.54, 1.807) is 18.3 Å². The van der Waals surface area contributed by atoms with Gasteiger partial charge < -0.3 is 10.1 Å². The van der Waals surface area contributed by atoms with Gasteiger partial charge in [-0.05, 0) is 43.9 Å². The van der Waals surface area contributed by atoms with Gasteiger partial charge in [0.05, 0.1) is 4.92 Å². The van der Waals surface area contributed by atoms with Crippen LogP contribution in [0.25, 0.3) is 0 Å². The van der Waals surface area contributed by atoms with E-state index in [1.807, 2.05) is 0 Å². The first-order valence-electron chi connectivity index (χ1n) is 8.63. The summed E-state index contributed by atoms with van der Waals surface area (Å²) < 4.78 is 46.0. The Morgan fingerprint density at radius 2 is 1.89 bits per heavy atom. The number of nitrogens with zero attached hydrogens (tertiary/aromatic N) is 2. The molecule has 0 aliphatic heterocycles. The highest BCUT2D eigenvalue weighted by Crippen LogP contribution is 2.38. The van der Waals surface area contributed by atoms with Gasteiger partial charge in [0.15, 0.2) is 0 Å². The molecule has 2 aromatic rings. The van der Waals surface area contributed by atoms with Crippen LogP contribution in [-0.2, 0) is 6.18 Å². The van der Waals surface area contributed by atoms with E-state index in [0.717, 1.165) is 29.4 Å². The van der Waals surface area contributed by atoms with Crippen molar-refractivity contribution in [1.82, 2.24) is 4.98 Å². The highest BCUT2D eigenvalue weighted by Gasteiger charge is 2.38.